The molecule has 8 heteroatoms. The second kappa shape index (κ2) is 8.48. The van der Waals surface area contributed by atoms with E-state index in [0.717, 1.165) is 5.56 Å². The van der Waals surface area contributed by atoms with Gasteiger partial charge in [0.05, 0.1) is 17.1 Å². The number of esters is 1. The summed E-state index contributed by atoms with van der Waals surface area (Å²) in [6, 6.07) is 11.3. The summed E-state index contributed by atoms with van der Waals surface area (Å²) in [6.07, 6.45) is 0.697. The molecule has 2 N–H and O–H groups in total. The minimum Gasteiger partial charge on any atom is -0.462 e. The molecule has 0 saturated carbocycles. The predicted molar refractivity (Wildman–Crippen MR) is 97.5 cm³/mol. The van der Waals surface area contributed by atoms with Gasteiger partial charge in [-0.3, -0.25) is 0 Å². The average Bonchev–Trinajstić information content (AvgIpc) is 2.59. The van der Waals surface area contributed by atoms with Crippen molar-refractivity contribution in [1.29, 1.82) is 0 Å². The number of aryl methyl sites for hydroxylation is 1. The van der Waals surface area contributed by atoms with Crippen molar-refractivity contribution in [3.8, 4) is 0 Å². The third-order valence-electron chi connectivity index (χ3n) is 3.32. The number of carbonyl (C=O) groups is 2. The number of urea groups is 1. The first-order valence-electron chi connectivity index (χ1n) is 7.99. The first kappa shape index (κ1) is 19.5. The molecule has 0 unspecified atom stereocenters. The van der Waals surface area contributed by atoms with Crippen LogP contribution in [-0.4, -0.2) is 27.0 Å². The average molecular weight is 376 g/mol. The summed E-state index contributed by atoms with van der Waals surface area (Å²) in [4.78, 5) is 23.9. The summed E-state index contributed by atoms with van der Waals surface area (Å²) in [5.41, 5.74) is 1.29. The van der Waals surface area contributed by atoms with Crippen LogP contribution in [0.3, 0.4) is 0 Å². The third-order valence-corrected chi connectivity index (χ3v) is 4.65. The summed E-state index contributed by atoms with van der Waals surface area (Å²) in [5, 5.41) is 2.40. The first-order valence-corrected chi connectivity index (χ1v) is 9.48. The van der Waals surface area contributed by atoms with E-state index in [-0.39, 0.29) is 16.1 Å². The molecule has 0 aliphatic rings. The van der Waals surface area contributed by atoms with Crippen LogP contribution >= 0.6 is 0 Å². The van der Waals surface area contributed by atoms with Crippen molar-refractivity contribution >= 4 is 27.7 Å². The normalized spacial score (nSPS) is 10.8. The van der Waals surface area contributed by atoms with E-state index < -0.39 is 22.0 Å². The molecule has 0 saturated heterocycles. The number of hydrogen-bond acceptors (Lipinski definition) is 5. The smallest absolute Gasteiger partial charge is 0.338 e. The van der Waals surface area contributed by atoms with Gasteiger partial charge in [-0.1, -0.05) is 25.1 Å². The number of rotatable bonds is 6. The van der Waals surface area contributed by atoms with Crippen LogP contribution in [0, 0.1) is 6.92 Å². The van der Waals surface area contributed by atoms with E-state index >= 15 is 0 Å². The predicted octanol–water partition coefficient (Wildman–Crippen LogP) is 3.07. The Balaban J connectivity index is 2.07. The fourth-order valence-corrected chi connectivity index (χ4v) is 3.13. The summed E-state index contributed by atoms with van der Waals surface area (Å²) in [5.74, 6) is -0.511. The van der Waals surface area contributed by atoms with Crippen LogP contribution in [0.1, 0.15) is 29.3 Å². The summed E-state index contributed by atoms with van der Waals surface area (Å²) in [6.45, 7) is 3.93. The maximum Gasteiger partial charge on any atom is 0.338 e. The largest absolute Gasteiger partial charge is 0.462 e. The van der Waals surface area contributed by atoms with Gasteiger partial charge in [0, 0.05) is 5.69 Å². The highest BCUT2D eigenvalue weighted by Crippen LogP contribution is 2.14. The molecule has 26 heavy (non-hydrogen) atoms. The van der Waals surface area contributed by atoms with Crippen LogP contribution in [0.2, 0.25) is 0 Å². The number of anilines is 1. The van der Waals surface area contributed by atoms with E-state index in [1.54, 1.807) is 31.2 Å². The number of sulfonamides is 1. The number of carbonyl (C=O) groups excluding carboxylic acids is 2. The minimum atomic E-state index is -3.99. The fourth-order valence-electron chi connectivity index (χ4n) is 2.12. The minimum absolute atomic E-state index is 0.00968. The molecule has 2 amide bonds. The van der Waals surface area contributed by atoms with Gasteiger partial charge in [-0.05, 0) is 49.2 Å². The Labute approximate surface area is 152 Å². The van der Waals surface area contributed by atoms with Crippen LogP contribution in [0.15, 0.2) is 53.4 Å². The van der Waals surface area contributed by atoms with Gasteiger partial charge in [-0.15, -0.1) is 0 Å². The van der Waals surface area contributed by atoms with Crippen molar-refractivity contribution in [2.75, 3.05) is 11.9 Å². The molecule has 138 valence electrons. The van der Waals surface area contributed by atoms with Crippen molar-refractivity contribution in [3.05, 3.63) is 59.7 Å². The summed E-state index contributed by atoms with van der Waals surface area (Å²) < 4.78 is 31.4. The zero-order valence-electron chi connectivity index (χ0n) is 14.5. The standard InChI is InChI=1S/C18H20N2O5S/c1-3-10-25-17(21)14-7-5-8-15(12-14)19-18(22)20-26(23,24)16-9-4-6-13(2)11-16/h4-9,11-12H,3,10H2,1-2H3,(H2,19,20,22). The van der Waals surface area contributed by atoms with E-state index in [9.17, 15) is 18.0 Å². The molecule has 0 radical (unpaired) electrons. The second-order valence-corrected chi connectivity index (χ2v) is 7.28. The lowest BCUT2D eigenvalue weighted by molar-refractivity contribution is 0.0505. The Bertz CT molecular complexity index is 909. The number of hydrogen-bond donors (Lipinski definition) is 2. The van der Waals surface area contributed by atoms with Crippen LogP contribution in [0.25, 0.3) is 0 Å². The molecule has 0 spiro atoms. The van der Waals surface area contributed by atoms with Crippen molar-refractivity contribution < 1.29 is 22.7 Å². The highest BCUT2D eigenvalue weighted by molar-refractivity contribution is 7.90. The van der Waals surface area contributed by atoms with E-state index in [0.29, 0.717) is 13.0 Å². The quantitative estimate of drug-likeness (QED) is 0.755. The van der Waals surface area contributed by atoms with Gasteiger partial charge < -0.3 is 10.1 Å². The molecule has 7 nitrogen and oxygen atoms in total. The van der Waals surface area contributed by atoms with Crippen LogP contribution in [0.4, 0.5) is 10.5 Å². The van der Waals surface area contributed by atoms with Gasteiger partial charge in [0.2, 0.25) is 0 Å². The molecule has 2 aromatic carbocycles. The molecule has 2 aromatic rings. The topological polar surface area (TPSA) is 102 Å². The lowest BCUT2D eigenvalue weighted by Gasteiger charge is -2.10. The monoisotopic (exact) mass is 376 g/mol. The third kappa shape index (κ3) is 5.32. The molecular weight excluding hydrogens is 356 g/mol. The van der Waals surface area contributed by atoms with Crippen molar-refractivity contribution in [2.24, 2.45) is 0 Å². The first-order chi connectivity index (χ1) is 12.3. The number of nitrogens with one attached hydrogen (secondary N) is 2. The van der Waals surface area contributed by atoms with Gasteiger partial charge in [-0.25, -0.2) is 22.7 Å². The molecule has 0 aliphatic carbocycles. The van der Waals surface area contributed by atoms with Crippen molar-refractivity contribution in [2.45, 2.75) is 25.2 Å². The molecule has 0 bridgehead atoms. The Morgan fingerprint density at radius 3 is 2.50 bits per heavy atom. The molecule has 2 rings (SSSR count). The van der Waals surface area contributed by atoms with Crippen LogP contribution in [0.5, 0.6) is 0 Å². The zero-order chi connectivity index (χ0) is 19.2. The SMILES string of the molecule is CCCOC(=O)c1cccc(NC(=O)NS(=O)(=O)c2cccc(C)c2)c1. The Morgan fingerprint density at radius 1 is 1.08 bits per heavy atom. The summed E-state index contributed by atoms with van der Waals surface area (Å²) >= 11 is 0. The van der Waals surface area contributed by atoms with Gasteiger partial charge in [0.25, 0.3) is 10.0 Å². The van der Waals surface area contributed by atoms with Crippen LogP contribution < -0.4 is 10.0 Å². The molecule has 0 fully saturated rings. The molecule has 0 atom stereocenters. The molecule has 0 heterocycles. The van der Waals surface area contributed by atoms with Gasteiger partial charge in [0.15, 0.2) is 0 Å². The fraction of sp³-hybridized carbons (Fsp3) is 0.222. The van der Waals surface area contributed by atoms with Gasteiger partial charge >= 0.3 is 12.0 Å². The van der Waals surface area contributed by atoms with Crippen LogP contribution in [-0.2, 0) is 14.8 Å². The maximum atomic E-state index is 12.2. The number of amides is 2. The van der Waals surface area contributed by atoms with Gasteiger partial charge in [0.1, 0.15) is 0 Å². The van der Waals surface area contributed by atoms with Crippen molar-refractivity contribution in [1.82, 2.24) is 4.72 Å². The Hall–Kier alpha value is -2.87. The molecule has 0 aromatic heterocycles. The second-order valence-electron chi connectivity index (χ2n) is 5.59. The van der Waals surface area contributed by atoms with E-state index in [1.807, 2.05) is 11.6 Å². The Kier molecular flexibility index (Phi) is 6.35. The summed E-state index contributed by atoms with van der Waals surface area (Å²) in [7, 11) is -3.99. The highest BCUT2D eigenvalue weighted by atomic mass is 32.2. The zero-order valence-corrected chi connectivity index (χ0v) is 15.3. The maximum absolute atomic E-state index is 12.2. The van der Waals surface area contributed by atoms with Gasteiger partial charge in [-0.2, -0.15) is 0 Å². The molecule has 0 aliphatic heterocycles. The lowest BCUT2D eigenvalue weighted by Crippen LogP contribution is -2.34. The number of benzene rings is 2. The Morgan fingerprint density at radius 2 is 1.81 bits per heavy atom. The van der Waals surface area contributed by atoms with E-state index in [1.165, 1.54) is 24.3 Å². The van der Waals surface area contributed by atoms with E-state index in [2.05, 4.69) is 5.32 Å². The molecular formula is C18H20N2O5S. The van der Waals surface area contributed by atoms with E-state index in [4.69, 9.17) is 4.74 Å². The lowest BCUT2D eigenvalue weighted by atomic mass is 10.2. The highest BCUT2D eigenvalue weighted by Gasteiger charge is 2.18. The van der Waals surface area contributed by atoms with Crippen molar-refractivity contribution in [3.63, 3.8) is 0 Å². The number of ether oxygens (including phenoxy) is 1.